The van der Waals surface area contributed by atoms with Gasteiger partial charge in [0.2, 0.25) is 0 Å². The molecule has 0 spiro atoms. The number of nitrogens with one attached hydrogen (secondary N) is 1. The number of allylic oxidation sites excluding steroid dienone is 1. The average molecular weight is 666 g/mol. The maximum Gasteiger partial charge on any atom is 0.258 e. The zero-order valence-electron chi connectivity index (χ0n) is 28.9. The van der Waals surface area contributed by atoms with Crippen molar-refractivity contribution in [3.63, 3.8) is 0 Å². The Bertz CT molecular complexity index is 1510. The van der Waals surface area contributed by atoms with Crippen LogP contribution in [0.4, 0.5) is 4.39 Å². The number of ketones is 1. The van der Waals surface area contributed by atoms with Gasteiger partial charge in [0.25, 0.3) is 11.8 Å². The number of benzene rings is 3. The van der Waals surface area contributed by atoms with Crippen molar-refractivity contribution in [1.29, 1.82) is 0 Å². The van der Waals surface area contributed by atoms with Gasteiger partial charge in [-0.25, -0.2) is 4.39 Å². The second kappa shape index (κ2) is 21.6. The van der Waals surface area contributed by atoms with Crippen LogP contribution in [0.1, 0.15) is 130 Å². The molecule has 2 amide bonds. The van der Waals surface area contributed by atoms with Crippen LogP contribution in [0, 0.1) is 5.82 Å². The fraction of sp³-hybridized carbons (Fsp3) is 0.419. The number of carbonyl (C=O) groups excluding carboxylic acids is 3. The Morgan fingerprint density at radius 3 is 1.69 bits per heavy atom. The first kappa shape index (κ1) is 37.5. The minimum absolute atomic E-state index is 0.123. The highest BCUT2D eigenvalue weighted by atomic mass is 19.1. The number of amides is 2. The van der Waals surface area contributed by atoms with Crippen LogP contribution in [-0.2, 0) is 16.0 Å². The highest BCUT2D eigenvalue weighted by Crippen LogP contribution is 2.22. The summed E-state index contributed by atoms with van der Waals surface area (Å²) >= 11 is 0. The summed E-state index contributed by atoms with van der Waals surface area (Å²) in [4.78, 5) is 35.3. The van der Waals surface area contributed by atoms with E-state index >= 15 is 0 Å². The van der Waals surface area contributed by atoms with Crippen molar-refractivity contribution < 1.29 is 23.5 Å². The summed E-state index contributed by atoms with van der Waals surface area (Å²) in [5.41, 5.74) is 3.95. The van der Waals surface area contributed by atoms with Crippen molar-refractivity contribution in [3.8, 4) is 5.75 Å². The number of halogens is 1. The second-order valence-corrected chi connectivity index (χ2v) is 13.1. The zero-order chi connectivity index (χ0) is 34.5. The lowest BCUT2D eigenvalue weighted by atomic mass is 10.0. The average Bonchev–Trinajstić information content (AvgIpc) is 3.46. The first-order valence-corrected chi connectivity index (χ1v) is 18.3. The molecule has 0 saturated heterocycles. The first-order valence-electron chi connectivity index (χ1n) is 18.3. The second-order valence-electron chi connectivity index (χ2n) is 13.1. The van der Waals surface area contributed by atoms with Gasteiger partial charge < -0.3 is 4.74 Å². The molecular formula is C43H52FNO4. The van der Waals surface area contributed by atoms with Gasteiger partial charge in [0, 0.05) is 11.6 Å². The lowest BCUT2D eigenvalue weighted by molar-refractivity contribution is -0.123. The smallest absolute Gasteiger partial charge is 0.258 e. The Morgan fingerprint density at radius 2 is 1.16 bits per heavy atom. The van der Waals surface area contributed by atoms with Crippen molar-refractivity contribution in [3.05, 3.63) is 113 Å². The maximum atomic E-state index is 13.0. The van der Waals surface area contributed by atoms with Crippen molar-refractivity contribution in [2.24, 2.45) is 0 Å². The van der Waals surface area contributed by atoms with E-state index in [0.717, 1.165) is 29.7 Å². The summed E-state index contributed by atoms with van der Waals surface area (Å²) in [6.07, 6.45) is 26.6. The fourth-order valence-electron chi connectivity index (χ4n) is 6.13. The lowest BCUT2D eigenvalue weighted by Crippen LogP contribution is -2.21. The molecule has 0 unspecified atom stereocenters. The van der Waals surface area contributed by atoms with Gasteiger partial charge in [-0.05, 0) is 78.4 Å². The number of hydrogen-bond acceptors (Lipinski definition) is 4. The monoisotopic (exact) mass is 665 g/mol. The van der Waals surface area contributed by atoms with Crippen molar-refractivity contribution in [1.82, 2.24) is 5.32 Å². The van der Waals surface area contributed by atoms with E-state index in [4.69, 9.17) is 4.74 Å². The van der Waals surface area contributed by atoms with Gasteiger partial charge in [-0.15, -0.1) is 0 Å². The topological polar surface area (TPSA) is 72.5 Å². The molecule has 0 radical (unpaired) electrons. The van der Waals surface area contributed by atoms with E-state index in [1.165, 1.54) is 132 Å². The van der Waals surface area contributed by atoms with E-state index in [1.54, 1.807) is 6.08 Å². The Kier molecular flexibility index (Phi) is 16.5. The first-order chi connectivity index (χ1) is 24.0. The van der Waals surface area contributed by atoms with Crippen molar-refractivity contribution in [2.45, 2.75) is 109 Å². The highest BCUT2D eigenvalue weighted by molar-refractivity contribution is 6.33. The molecule has 0 atom stereocenters. The molecule has 49 heavy (non-hydrogen) atoms. The summed E-state index contributed by atoms with van der Waals surface area (Å²) in [6.45, 7) is 0.697. The third-order valence-corrected chi connectivity index (χ3v) is 9.09. The molecule has 1 aliphatic rings. The molecule has 1 heterocycles. The summed E-state index contributed by atoms with van der Waals surface area (Å²) < 4.78 is 18.9. The van der Waals surface area contributed by atoms with Gasteiger partial charge in [0.15, 0.2) is 5.78 Å². The predicted molar refractivity (Wildman–Crippen MR) is 197 cm³/mol. The normalized spacial score (nSPS) is 12.8. The van der Waals surface area contributed by atoms with Crippen LogP contribution in [0.5, 0.6) is 5.75 Å². The van der Waals surface area contributed by atoms with Gasteiger partial charge in [-0.1, -0.05) is 132 Å². The van der Waals surface area contributed by atoms with Gasteiger partial charge in [-0.2, -0.15) is 0 Å². The standard InChI is InChI=1S/C43H52FNO4/c44-38-27-23-37(24-28-38)41(46)31-22-35-20-18-34(19-21-35)17-15-13-11-9-7-5-3-1-2-4-6-8-10-12-14-16-32-49-39-29-25-36(26-30-39)40-33-42(47)45-43(40)48/h18-31,33H,1-17,32H2,(H,45,47,48). The van der Waals surface area contributed by atoms with E-state index in [9.17, 15) is 18.8 Å². The number of aryl methyl sites for hydroxylation is 1. The molecule has 260 valence electrons. The van der Waals surface area contributed by atoms with Crippen LogP contribution in [-0.4, -0.2) is 24.2 Å². The summed E-state index contributed by atoms with van der Waals surface area (Å²) in [6, 6.07) is 21.4. The zero-order valence-corrected chi connectivity index (χ0v) is 28.9. The highest BCUT2D eigenvalue weighted by Gasteiger charge is 2.21. The summed E-state index contributed by atoms with van der Waals surface area (Å²) in [5, 5.41) is 2.27. The lowest BCUT2D eigenvalue weighted by Gasteiger charge is -2.07. The van der Waals surface area contributed by atoms with E-state index in [1.807, 2.05) is 30.3 Å². The summed E-state index contributed by atoms with van der Waals surface area (Å²) in [7, 11) is 0. The van der Waals surface area contributed by atoms with Gasteiger partial charge >= 0.3 is 0 Å². The number of hydrogen-bond donors (Lipinski definition) is 1. The van der Waals surface area contributed by atoms with Crippen LogP contribution >= 0.6 is 0 Å². The molecule has 0 aliphatic carbocycles. The number of carbonyl (C=O) groups is 3. The SMILES string of the molecule is O=C1C=C(c2ccc(OCCCCCCCCCCCCCCCCCCc3ccc(C=CC(=O)c4ccc(F)cc4)cc3)cc2)C(=O)N1. The number of imide groups is 1. The maximum absolute atomic E-state index is 13.0. The largest absolute Gasteiger partial charge is 0.494 e. The van der Waals surface area contributed by atoms with E-state index in [0.29, 0.717) is 17.7 Å². The van der Waals surface area contributed by atoms with Crippen molar-refractivity contribution in [2.75, 3.05) is 6.61 Å². The molecule has 3 aromatic carbocycles. The summed E-state index contributed by atoms with van der Waals surface area (Å²) in [5.74, 6) is -0.387. The number of rotatable bonds is 24. The van der Waals surface area contributed by atoms with E-state index < -0.39 is 0 Å². The molecule has 1 N–H and O–H groups in total. The van der Waals surface area contributed by atoms with Crippen molar-refractivity contribution >= 4 is 29.2 Å². The van der Waals surface area contributed by atoms with E-state index in [-0.39, 0.29) is 23.4 Å². The Balaban J connectivity index is 0.883. The molecule has 5 nitrogen and oxygen atoms in total. The third kappa shape index (κ3) is 14.4. The molecule has 3 aromatic rings. The molecule has 6 heteroatoms. The van der Waals surface area contributed by atoms with Crippen LogP contribution in [0.2, 0.25) is 0 Å². The van der Waals surface area contributed by atoms with Crippen LogP contribution in [0.3, 0.4) is 0 Å². The third-order valence-electron chi connectivity index (χ3n) is 9.09. The minimum Gasteiger partial charge on any atom is -0.494 e. The van der Waals surface area contributed by atoms with E-state index in [2.05, 4.69) is 29.6 Å². The molecule has 0 bridgehead atoms. The molecule has 4 rings (SSSR count). The Hall–Kier alpha value is -4.32. The number of unbranched alkanes of at least 4 members (excludes halogenated alkanes) is 15. The van der Waals surface area contributed by atoms with Crippen LogP contribution in [0.15, 0.2) is 84.9 Å². The molecule has 1 aliphatic heterocycles. The number of ether oxygens (including phenoxy) is 1. The van der Waals surface area contributed by atoms with Gasteiger partial charge in [0.1, 0.15) is 11.6 Å². The fourth-order valence-corrected chi connectivity index (χ4v) is 6.13. The Labute approximate surface area is 292 Å². The van der Waals surface area contributed by atoms with Crippen LogP contribution in [0.25, 0.3) is 11.6 Å². The molecule has 0 aromatic heterocycles. The molecule has 0 fully saturated rings. The molecule has 0 saturated carbocycles. The quantitative estimate of drug-likeness (QED) is 0.0447. The molecular weight excluding hydrogens is 613 g/mol. The van der Waals surface area contributed by atoms with Gasteiger partial charge in [0.05, 0.1) is 12.2 Å². The predicted octanol–water partition coefficient (Wildman–Crippen LogP) is 10.6. The minimum atomic E-state index is -0.365. The van der Waals surface area contributed by atoms with Crippen LogP contribution < -0.4 is 10.1 Å². The van der Waals surface area contributed by atoms with Gasteiger partial charge in [-0.3, -0.25) is 19.7 Å². The Morgan fingerprint density at radius 1 is 0.633 bits per heavy atom.